The molecule has 0 saturated carbocycles. The number of aromatic nitrogens is 5. The monoisotopic (exact) mass is 689 g/mol. The normalized spacial score (nSPS) is 14.7. The third-order valence-corrected chi connectivity index (χ3v) is 7.86. The molecule has 2 aliphatic heterocycles. The molecule has 49 heavy (non-hydrogen) atoms. The maximum atomic E-state index is 12.9. The first-order valence-electron chi connectivity index (χ1n) is 14.1. The number of halogens is 3. The van der Waals surface area contributed by atoms with Gasteiger partial charge in [0.2, 0.25) is 5.82 Å². The van der Waals surface area contributed by atoms with Gasteiger partial charge in [-0.3, -0.25) is 35.0 Å². The lowest BCUT2D eigenvalue weighted by atomic mass is 10.2. The third kappa shape index (κ3) is 6.48. The van der Waals surface area contributed by atoms with Gasteiger partial charge in [-0.1, -0.05) is 6.07 Å². The number of hydrogen-bond donors (Lipinski definition) is 2. The number of carbonyl (C=O) groups excluding carboxylic acids is 4. The summed E-state index contributed by atoms with van der Waals surface area (Å²) in [6.07, 6.45) is -1.09. The van der Waals surface area contributed by atoms with Gasteiger partial charge in [0.1, 0.15) is 11.3 Å². The van der Waals surface area contributed by atoms with Crippen molar-refractivity contribution in [3.05, 3.63) is 83.2 Å². The summed E-state index contributed by atoms with van der Waals surface area (Å²) in [6.45, 7) is 3.01. The molecule has 1 aromatic carbocycles. The lowest BCUT2D eigenvalue weighted by Crippen LogP contribution is -2.37. The maximum absolute atomic E-state index is 12.9. The maximum Gasteiger partial charge on any atom is 0.451 e. The molecule has 2 N–H and O–H groups in total. The first-order chi connectivity index (χ1) is 23.3. The van der Waals surface area contributed by atoms with Gasteiger partial charge in [-0.2, -0.15) is 23.2 Å². The summed E-state index contributed by atoms with van der Waals surface area (Å²) in [4.78, 5) is 68.4. The van der Waals surface area contributed by atoms with Crippen LogP contribution in [-0.2, 0) is 25.4 Å². The van der Waals surface area contributed by atoms with Gasteiger partial charge in [0.05, 0.1) is 23.0 Å². The molecule has 248 valence electrons. The Labute approximate surface area is 277 Å². The molecule has 0 unspecified atom stereocenters. The SMILES string of the molecule is CC1=CC(=O)N(Nc2nc(C(F)(F)F)nc3cccnc23)C1=O.COc1ccc2nc(-c3cccs3)nc(NN3C(=O)C=C(C)C3=O)c2c1. The minimum Gasteiger partial charge on any atom is -0.497 e. The molecule has 0 atom stereocenters. The van der Waals surface area contributed by atoms with Gasteiger partial charge in [0.25, 0.3) is 23.6 Å². The van der Waals surface area contributed by atoms with Gasteiger partial charge in [-0.25, -0.2) is 19.9 Å². The average Bonchev–Trinajstić information content (AvgIpc) is 3.76. The van der Waals surface area contributed by atoms with Gasteiger partial charge in [-0.05, 0) is 55.6 Å². The van der Waals surface area contributed by atoms with E-state index in [1.165, 1.54) is 42.7 Å². The summed E-state index contributed by atoms with van der Waals surface area (Å²) >= 11 is 1.51. The Balaban J connectivity index is 0.000000171. The number of methoxy groups -OCH3 is 1. The minimum atomic E-state index is -4.78. The molecule has 0 radical (unpaired) electrons. The number of anilines is 2. The molecule has 0 aliphatic carbocycles. The van der Waals surface area contributed by atoms with E-state index in [4.69, 9.17) is 4.74 Å². The zero-order valence-electron chi connectivity index (χ0n) is 25.6. The van der Waals surface area contributed by atoms with Crippen molar-refractivity contribution in [2.45, 2.75) is 20.0 Å². The zero-order valence-corrected chi connectivity index (χ0v) is 26.4. The highest BCUT2D eigenvalue weighted by atomic mass is 32.1. The number of hydrazine groups is 2. The smallest absolute Gasteiger partial charge is 0.451 e. The van der Waals surface area contributed by atoms with Crippen LogP contribution in [-0.4, -0.2) is 65.7 Å². The highest BCUT2D eigenvalue weighted by Crippen LogP contribution is 2.32. The number of benzene rings is 1. The van der Waals surface area contributed by atoms with Crippen molar-refractivity contribution in [3.63, 3.8) is 0 Å². The number of pyridine rings is 1. The molecular weight excluding hydrogens is 667 g/mol. The molecule has 2 aliphatic rings. The molecule has 0 fully saturated rings. The lowest BCUT2D eigenvalue weighted by Gasteiger charge is -2.18. The molecule has 4 aromatic heterocycles. The Morgan fingerprint density at radius 2 is 1.47 bits per heavy atom. The van der Waals surface area contributed by atoms with Crippen molar-refractivity contribution < 1.29 is 37.1 Å². The van der Waals surface area contributed by atoms with E-state index in [9.17, 15) is 32.3 Å². The fourth-order valence-electron chi connectivity index (χ4n) is 4.61. The van der Waals surface area contributed by atoms with Gasteiger partial charge in [0, 0.05) is 34.9 Å². The van der Waals surface area contributed by atoms with Gasteiger partial charge in [0.15, 0.2) is 17.5 Å². The lowest BCUT2D eigenvalue weighted by molar-refractivity contribution is -0.144. The first-order valence-corrected chi connectivity index (χ1v) is 15.0. The van der Waals surface area contributed by atoms with Crippen molar-refractivity contribution in [1.82, 2.24) is 34.9 Å². The number of nitrogens with zero attached hydrogens (tertiary/aromatic N) is 7. The number of thiophene rings is 1. The largest absolute Gasteiger partial charge is 0.497 e. The van der Waals surface area contributed by atoms with Gasteiger partial charge < -0.3 is 4.74 Å². The van der Waals surface area contributed by atoms with E-state index >= 15 is 0 Å². The van der Waals surface area contributed by atoms with Crippen molar-refractivity contribution in [1.29, 1.82) is 0 Å². The van der Waals surface area contributed by atoms with E-state index in [1.807, 2.05) is 23.6 Å². The quantitative estimate of drug-likeness (QED) is 0.236. The van der Waals surface area contributed by atoms with E-state index in [0.29, 0.717) is 38.9 Å². The molecule has 5 aromatic rings. The summed E-state index contributed by atoms with van der Waals surface area (Å²) in [5, 5.41) is 4.11. The molecule has 7 rings (SSSR count). The van der Waals surface area contributed by atoms with Crippen molar-refractivity contribution in [2.75, 3.05) is 18.0 Å². The summed E-state index contributed by atoms with van der Waals surface area (Å²) < 4.78 is 44.0. The second-order valence-electron chi connectivity index (χ2n) is 10.4. The van der Waals surface area contributed by atoms with Crippen LogP contribution in [0.2, 0.25) is 0 Å². The molecule has 6 heterocycles. The Morgan fingerprint density at radius 3 is 2.04 bits per heavy atom. The topological polar surface area (TPSA) is 172 Å². The average molecular weight is 690 g/mol. The van der Waals surface area contributed by atoms with Crippen LogP contribution in [0.5, 0.6) is 5.75 Å². The number of rotatable bonds is 6. The second kappa shape index (κ2) is 12.7. The van der Waals surface area contributed by atoms with Gasteiger partial charge in [-0.15, -0.1) is 11.3 Å². The predicted molar refractivity (Wildman–Crippen MR) is 170 cm³/mol. The second-order valence-corrected chi connectivity index (χ2v) is 11.3. The Hall–Kier alpha value is -6.30. The molecule has 0 saturated heterocycles. The number of ether oxygens (including phenoxy) is 1. The fourth-order valence-corrected chi connectivity index (χ4v) is 5.26. The van der Waals surface area contributed by atoms with E-state index in [2.05, 4.69) is 35.8 Å². The number of alkyl halides is 3. The summed E-state index contributed by atoms with van der Waals surface area (Å²) in [5.74, 6) is -2.48. The molecular formula is C31H22F3N9O5S. The van der Waals surface area contributed by atoms with Crippen LogP contribution in [0, 0.1) is 0 Å². The number of fused-ring (bicyclic) bond motifs is 2. The number of imide groups is 2. The highest BCUT2D eigenvalue weighted by Gasteiger charge is 2.37. The Kier molecular flexibility index (Phi) is 8.47. The minimum absolute atomic E-state index is 0.00523. The van der Waals surface area contributed by atoms with Crippen LogP contribution in [0.4, 0.5) is 24.8 Å². The predicted octanol–water partition coefficient (Wildman–Crippen LogP) is 4.69. The van der Waals surface area contributed by atoms with Crippen molar-refractivity contribution in [3.8, 4) is 16.5 Å². The Bertz CT molecular complexity index is 2240. The third-order valence-electron chi connectivity index (χ3n) is 6.99. The molecule has 4 amide bonds. The van der Waals surface area contributed by atoms with Crippen LogP contribution < -0.4 is 15.6 Å². The van der Waals surface area contributed by atoms with Crippen LogP contribution in [0.3, 0.4) is 0 Å². The van der Waals surface area contributed by atoms with Crippen molar-refractivity contribution >= 4 is 68.5 Å². The van der Waals surface area contributed by atoms with Crippen molar-refractivity contribution in [2.24, 2.45) is 0 Å². The number of carbonyl (C=O) groups is 4. The number of hydrogen-bond acceptors (Lipinski definition) is 13. The van der Waals surface area contributed by atoms with E-state index < -0.39 is 35.6 Å². The number of amides is 4. The molecule has 18 heteroatoms. The zero-order chi connectivity index (χ0) is 35.0. The van der Waals surface area contributed by atoms with E-state index in [-0.39, 0.29) is 22.4 Å². The van der Waals surface area contributed by atoms with E-state index in [0.717, 1.165) is 16.0 Å². The van der Waals surface area contributed by atoms with Crippen LogP contribution in [0.15, 0.2) is 77.3 Å². The van der Waals surface area contributed by atoms with Crippen LogP contribution >= 0.6 is 11.3 Å². The summed E-state index contributed by atoms with van der Waals surface area (Å²) in [6, 6.07) is 11.9. The molecule has 0 bridgehead atoms. The standard InChI is InChI=1S/C18H14N4O3S.C13H8F3N5O2/c1-10-8-15(23)22(18(10)24)21-16-12-9-11(25-2)5-6-13(12)19-17(20-16)14-4-3-7-26-14;1-6-5-8(22)21(11(6)23)20-10-9-7(3-2-4-17-9)18-12(19-10)13(14,15)16/h3-9H,1-2H3,(H,19,20,21);2-5H,1H3,(H,18,19,20). The van der Waals surface area contributed by atoms with Crippen LogP contribution in [0.1, 0.15) is 19.7 Å². The fraction of sp³-hybridized carbons (Fsp3) is 0.129. The molecule has 0 spiro atoms. The summed E-state index contributed by atoms with van der Waals surface area (Å²) in [7, 11) is 1.57. The van der Waals surface area contributed by atoms with Crippen LogP contribution in [0.25, 0.3) is 32.6 Å². The molecule has 14 nitrogen and oxygen atoms in total. The number of nitrogens with one attached hydrogen (secondary N) is 2. The van der Waals surface area contributed by atoms with E-state index in [1.54, 1.807) is 26.2 Å². The highest BCUT2D eigenvalue weighted by molar-refractivity contribution is 7.13. The summed E-state index contributed by atoms with van der Waals surface area (Å²) in [5.41, 5.74) is 6.29. The van der Waals surface area contributed by atoms with Gasteiger partial charge >= 0.3 is 6.18 Å². The Morgan fingerprint density at radius 1 is 0.796 bits per heavy atom. The first kappa shape index (κ1) is 32.6.